The number of carbonyl (C=O) groups is 1. The largest absolute Gasteiger partial charge is 0.457 e. The minimum Gasteiger partial charge on any atom is -0.457 e. The molecule has 105 valence electrons. The summed E-state index contributed by atoms with van der Waals surface area (Å²) in [4.78, 5) is 11.3. The van der Waals surface area contributed by atoms with Gasteiger partial charge < -0.3 is 4.74 Å². The van der Waals surface area contributed by atoms with Crippen molar-refractivity contribution in [2.24, 2.45) is 5.92 Å². The lowest BCUT2D eigenvalue weighted by Crippen LogP contribution is -2.16. The first-order valence-corrected chi connectivity index (χ1v) is 7.10. The average molecular weight is 261 g/mol. The Balaban J connectivity index is 2.91. The monoisotopic (exact) mass is 261 g/mol. The number of rotatable bonds is 7. The van der Waals surface area contributed by atoms with E-state index in [2.05, 4.69) is 32.9 Å². The average Bonchev–Trinajstić information content (AvgIpc) is 2.36. The van der Waals surface area contributed by atoms with Gasteiger partial charge in [-0.3, -0.25) is 4.79 Å². The molecule has 1 aromatic carbocycles. The molecule has 0 amide bonds. The van der Waals surface area contributed by atoms with Gasteiger partial charge in [0.2, 0.25) is 0 Å². The molecular formula is C17H25O2. The molecule has 0 saturated heterocycles. The molecule has 1 radical (unpaired) electrons. The van der Waals surface area contributed by atoms with E-state index < -0.39 is 0 Å². The van der Waals surface area contributed by atoms with E-state index in [0.29, 0.717) is 0 Å². The highest BCUT2D eigenvalue weighted by Crippen LogP contribution is 2.29. The van der Waals surface area contributed by atoms with Crippen molar-refractivity contribution in [2.75, 3.05) is 0 Å². The number of aryl methyl sites for hydroxylation is 1. The van der Waals surface area contributed by atoms with Crippen LogP contribution < -0.4 is 0 Å². The predicted octanol–water partition coefficient (Wildman–Crippen LogP) is 4.49. The zero-order valence-corrected chi connectivity index (χ0v) is 12.3. The lowest BCUT2D eigenvalue weighted by molar-refractivity contribution is -0.149. The minimum atomic E-state index is -0.216. The molecule has 0 spiro atoms. The third-order valence-electron chi connectivity index (χ3n) is 3.21. The van der Waals surface area contributed by atoms with Crippen molar-refractivity contribution in [2.45, 2.75) is 52.6 Å². The lowest BCUT2D eigenvalue weighted by atomic mass is 9.92. The smallest absolute Gasteiger partial charge is 0.303 e. The van der Waals surface area contributed by atoms with Crippen LogP contribution in [0.4, 0.5) is 0 Å². The van der Waals surface area contributed by atoms with E-state index in [0.717, 1.165) is 31.2 Å². The molecular weight excluding hydrogens is 236 g/mol. The van der Waals surface area contributed by atoms with Gasteiger partial charge in [0.25, 0.3) is 0 Å². The number of carbonyl (C=O) groups excluding carboxylic acids is 1. The van der Waals surface area contributed by atoms with Crippen LogP contribution in [-0.4, -0.2) is 5.97 Å². The number of hydrogen-bond donors (Lipinski definition) is 0. The van der Waals surface area contributed by atoms with Crippen molar-refractivity contribution in [1.29, 1.82) is 0 Å². The number of benzene rings is 1. The number of ether oxygens (including phenoxy) is 1. The van der Waals surface area contributed by atoms with Crippen LogP contribution in [0, 0.1) is 12.8 Å². The number of esters is 1. The molecule has 2 heteroatoms. The molecule has 19 heavy (non-hydrogen) atoms. The number of unbranched alkanes of at least 4 members (excludes halogenated alkanes) is 2. The van der Waals surface area contributed by atoms with E-state index in [1.54, 1.807) is 0 Å². The fraction of sp³-hybridized carbons (Fsp3) is 0.529. The van der Waals surface area contributed by atoms with Crippen molar-refractivity contribution in [3.63, 3.8) is 0 Å². The third-order valence-corrected chi connectivity index (χ3v) is 3.21. The minimum absolute atomic E-state index is 0.145. The van der Waals surface area contributed by atoms with Gasteiger partial charge in [0.05, 0.1) is 0 Å². The summed E-state index contributed by atoms with van der Waals surface area (Å²) in [5.41, 5.74) is 2.44. The van der Waals surface area contributed by atoms with Gasteiger partial charge in [-0.05, 0) is 29.9 Å². The molecule has 0 bridgehead atoms. The highest BCUT2D eigenvalue weighted by Gasteiger charge is 2.21. The van der Waals surface area contributed by atoms with Gasteiger partial charge in [-0.15, -0.1) is 0 Å². The highest BCUT2D eigenvalue weighted by molar-refractivity contribution is 5.66. The lowest BCUT2D eigenvalue weighted by Gasteiger charge is -2.23. The molecule has 2 nitrogen and oxygen atoms in total. The zero-order valence-electron chi connectivity index (χ0n) is 12.3. The molecule has 0 N–H and O–H groups in total. The summed E-state index contributed by atoms with van der Waals surface area (Å²) in [6.07, 6.45) is 4.11. The van der Waals surface area contributed by atoms with Crippen LogP contribution in [0.5, 0.6) is 0 Å². The molecule has 0 aromatic heterocycles. The first kappa shape index (κ1) is 15.7. The van der Waals surface area contributed by atoms with Gasteiger partial charge >= 0.3 is 5.97 Å². The standard InChI is InChI=1S/C17H25O2/c1-5-6-7-10-15-11-8-9-12-16(15)17(13(2)3)19-14(4)18/h8-9,11-13,17H,1,5-7,10H2,2-4H3. The summed E-state index contributed by atoms with van der Waals surface area (Å²) in [6.45, 7) is 9.51. The van der Waals surface area contributed by atoms with E-state index in [-0.39, 0.29) is 18.0 Å². The second-order valence-electron chi connectivity index (χ2n) is 5.28. The van der Waals surface area contributed by atoms with E-state index in [1.165, 1.54) is 12.5 Å². The maximum Gasteiger partial charge on any atom is 0.303 e. The van der Waals surface area contributed by atoms with E-state index in [4.69, 9.17) is 4.74 Å². The molecule has 1 atom stereocenters. The topological polar surface area (TPSA) is 26.3 Å². The summed E-state index contributed by atoms with van der Waals surface area (Å²) < 4.78 is 5.49. The van der Waals surface area contributed by atoms with E-state index in [1.807, 2.05) is 12.1 Å². The quantitative estimate of drug-likeness (QED) is 0.534. The van der Waals surface area contributed by atoms with Gasteiger partial charge in [0.15, 0.2) is 0 Å². The van der Waals surface area contributed by atoms with Crippen molar-refractivity contribution in [3.8, 4) is 0 Å². The normalized spacial score (nSPS) is 12.5. The van der Waals surface area contributed by atoms with Crippen molar-refractivity contribution in [3.05, 3.63) is 42.3 Å². The van der Waals surface area contributed by atoms with E-state index >= 15 is 0 Å². The highest BCUT2D eigenvalue weighted by atomic mass is 16.5. The Morgan fingerprint density at radius 1 is 1.26 bits per heavy atom. The van der Waals surface area contributed by atoms with Crippen molar-refractivity contribution in [1.82, 2.24) is 0 Å². The van der Waals surface area contributed by atoms with Crippen LogP contribution in [-0.2, 0) is 16.0 Å². The molecule has 0 aliphatic heterocycles. The Kier molecular flexibility index (Phi) is 6.61. The first-order chi connectivity index (χ1) is 9.06. The Morgan fingerprint density at radius 2 is 1.95 bits per heavy atom. The Bertz CT molecular complexity index is 396. The summed E-state index contributed by atoms with van der Waals surface area (Å²) in [6, 6.07) is 8.28. The Morgan fingerprint density at radius 3 is 2.53 bits per heavy atom. The zero-order chi connectivity index (χ0) is 14.3. The first-order valence-electron chi connectivity index (χ1n) is 7.10. The number of hydrogen-bond acceptors (Lipinski definition) is 2. The second kappa shape index (κ2) is 7.98. The molecule has 0 heterocycles. The van der Waals surface area contributed by atoms with Crippen LogP contribution in [0.15, 0.2) is 24.3 Å². The van der Waals surface area contributed by atoms with Crippen LogP contribution in [0.2, 0.25) is 0 Å². The molecule has 0 fully saturated rings. The van der Waals surface area contributed by atoms with Crippen molar-refractivity contribution < 1.29 is 9.53 Å². The van der Waals surface area contributed by atoms with Crippen LogP contribution in [0.25, 0.3) is 0 Å². The molecule has 1 aromatic rings. The summed E-state index contributed by atoms with van der Waals surface area (Å²) in [5.74, 6) is 0.0594. The van der Waals surface area contributed by atoms with Gasteiger partial charge in [-0.2, -0.15) is 0 Å². The molecule has 0 saturated carbocycles. The van der Waals surface area contributed by atoms with Gasteiger partial charge in [0.1, 0.15) is 6.10 Å². The SMILES string of the molecule is [CH2]CCCCc1ccccc1C(OC(C)=O)C(C)C. The predicted molar refractivity (Wildman–Crippen MR) is 78.7 cm³/mol. The Hall–Kier alpha value is -1.31. The second-order valence-corrected chi connectivity index (χ2v) is 5.28. The van der Waals surface area contributed by atoms with Gasteiger partial charge in [0, 0.05) is 6.92 Å². The fourth-order valence-electron chi connectivity index (χ4n) is 2.27. The summed E-state index contributed by atoms with van der Waals surface area (Å²) >= 11 is 0. The van der Waals surface area contributed by atoms with Crippen molar-refractivity contribution >= 4 is 5.97 Å². The summed E-state index contributed by atoms with van der Waals surface area (Å²) in [7, 11) is 0. The molecule has 1 unspecified atom stereocenters. The third kappa shape index (κ3) is 5.06. The maximum atomic E-state index is 11.3. The van der Waals surface area contributed by atoms with Crippen LogP contribution in [0.3, 0.4) is 0 Å². The molecule has 0 aliphatic rings. The van der Waals surface area contributed by atoms with Gasteiger partial charge in [-0.25, -0.2) is 0 Å². The Labute approximate surface area is 117 Å². The molecule has 1 rings (SSSR count). The van der Waals surface area contributed by atoms with Crippen LogP contribution in [0.1, 0.15) is 57.3 Å². The van der Waals surface area contributed by atoms with Gasteiger partial charge in [-0.1, -0.05) is 57.9 Å². The van der Waals surface area contributed by atoms with Crippen LogP contribution >= 0.6 is 0 Å². The summed E-state index contributed by atoms with van der Waals surface area (Å²) in [5, 5.41) is 0. The molecule has 0 aliphatic carbocycles. The maximum absolute atomic E-state index is 11.3. The van der Waals surface area contributed by atoms with E-state index in [9.17, 15) is 4.79 Å². The fourth-order valence-corrected chi connectivity index (χ4v) is 2.27.